The van der Waals surface area contributed by atoms with E-state index in [0.29, 0.717) is 12.3 Å². The predicted octanol–water partition coefficient (Wildman–Crippen LogP) is 2.98. The maximum Gasteiger partial charge on any atom is 0.269 e. The first-order valence-electron chi connectivity index (χ1n) is 7.53. The standard InChI is InChI=1S/C16H22N2O4/c1-10(2)15-8-13(17-11(3)19)9-16(22-15)12-4-6-14(7-5-12)18(20)21/h4-7,10,13,15-16H,8-9H2,1-3H3,(H,17,19). The molecule has 0 aliphatic carbocycles. The van der Waals surface area contributed by atoms with Crippen LogP contribution in [0, 0.1) is 16.0 Å². The third-order valence-corrected chi connectivity index (χ3v) is 3.98. The van der Waals surface area contributed by atoms with Crippen molar-refractivity contribution >= 4 is 11.6 Å². The Labute approximate surface area is 130 Å². The van der Waals surface area contributed by atoms with E-state index in [-0.39, 0.29) is 29.8 Å². The Morgan fingerprint density at radius 1 is 1.32 bits per heavy atom. The molecule has 6 nitrogen and oxygen atoms in total. The molecule has 0 saturated carbocycles. The van der Waals surface area contributed by atoms with E-state index in [2.05, 4.69) is 19.2 Å². The van der Waals surface area contributed by atoms with Crippen LogP contribution in [0.25, 0.3) is 0 Å². The van der Waals surface area contributed by atoms with Crippen LogP contribution >= 0.6 is 0 Å². The van der Waals surface area contributed by atoms with Crippen molar-refractivity contribution < 1.29 is 14.5 Å². The number of rotatable bonds is 4. The average Bonchev–Trinajstić information content (AvgIpc) is 2.46. The van der Waals surface area contributed by atoms with Gasteiger partial charge in [-0.1, -0.05) is 13.8 Å². The van der Waals surface area contributed by atoms with E-state index in [9.17, 15) is 14.9 Å². The molecule has 3 unspecified atom stereocenters. The first kappa shape index (κ1) is 16.4. The summed E-state index contributed by atoms with van der Waals surface area (Å²) in [7, 11) is 0. The van der Waals surface area contributed by atoms with Gasteiger partial charge in [-0.2, -0.15) is 0 Å². The quantitative estimate of drug-likeness (QED) is 0.685. The number of carbonyl (C=O) groups is 1. The molecule has 1 aromatic rings. The number of non-ortho nitro benzene ring substituents is 1. The lowest BCUT2D eigenvalue weighted by Gasteiger charge is -2.37. The smallest absolute Gasteiger partial charge is 0.269 e. The lowest BCUT2D eigenvalue weighted by Crippen LogP contribution is -2.43. The van der Waals surface area contributed by atoms with Crippen molar-refractivity contribution in [2.24, 2.45) is 5.92 Å². The molecule has 1 aliphatic rings. The van der Waals surface area contributed by atoms with Gasteiger partial charge in [-0.3, -0.25) is 14.9 Å². The van der Waals surface area contributed by atoms with Crippen LogP contribution < -0.4 is 5.32 Å². The highest BCUT2D eigenvalue weighted by atomic mass is 16.6. The van der Waals surface area contributed by atoms with Crippen molar-refractivity contribution in [2.75, 3.05) is 0 Å². The van der Waals surface area contributed by atoms with Crippen LogP contribution in [0.1, 0.15) is 45.3 Å². The van der Waals surface area contributed by atoms with Crippen molar-refractivity contribution in [3.63, 3.8) is 0 Å². The third kappa shape index (κ3) is 4.04. The second-order valence-electron chi connectivity index (χ2n) is 6.12. The maximum absolute atomic E-state index is 11.3. The number of amides is 1. The predicted molar refractivity (Wildman–Crippen MR) is 82.4 cm³/mol. The number of nitro benzene ring substituents is 1. The molecule has 1 aliphatic heterocycles. The minimum atomic E-state index is -0.414. The summed E-state index contributed by atoms with van der Waals surface area (Å²) in [6.07, 6.45) is 1.38. The number of nitro groups is 1. The molecule has 1 fully saturated rings. The molecule has 1 saturated heterocycles. The lowest BCUT2D eigenvalue weighted by molar-refractivity contribution is -0.384. The molecule has 3 atom stereocenters. The second kappa shape index (κ2) is 6.87. The minimum absolute atomic E-state index is 0.0446. The van der Waals surface area contributed by atoms with Gasteiger partial charge in [0.25, 0.3) is 5.69 Å². The zero-order valence-electron chi connectivity index (χ0n) is 13.1. The number of hydrogen-bond donors (Lipinski definition) is 1. The Morgan fingerprint density at radius 2 is 1.95 bits per heavy atom. The fourth-order valence-electron chi connectivity index (χ4n) is 2.82. The molecule has 6 heteroatoms. The Balaban J connectivity index is 2.16. The zero-order valence-corrected chi connectivity index (χ0v) is 13.1. The van der Waals surface area contributed by atoms with E-state index in [1.807, 2.05) is 0 Å². The summed E-state index contributed by atoms with van der Waals surface area (Å²) >= 11 is 0. The Hall–Kier alpha value is -1.95. The van der Waals surface area contributed by atoms with Crippen LogP contribution in [-0.4, -0.2) is 23.0 Å². The summed E-state index contributed by atoms with van der Waals surface area (Å²) in [4.78, 5) is 21.6. The molecule has 0 bridgehead atoms. The molecular formula is C16H22N2O4. The van der Waals surface area contributed by atoms with Crippen LogP contribution in [0.2, 0.25) is 0 Å². The normalized spacial score (nSPS) is 25.0. The van der Waals surface area contributed by atoms with Crippen LogP contribution in [0.5, 0.6) is 0 Å². The van der Waals surface area contributed by atoms with Crippen molar-refractivity contribution in [1.29, 1.82) is 0 Å². The van der Waals surface area contributed by atoms with E-state index >= 15 is 0 Å². The Bertz CT molecular complexity index is 542. The van der Waals surface area contributed by atoms with Gasteiger partial charge in [0.15, 0.2) is 0 Å². The van der Waals surface area contributed by atoms with Gasteiger partial charge in [0.05, 0.1) is 17.1 Å². The number of benzene rings is 1. The average molecular weight is 306 g/mol. The molecule has 1 N–H and O–H groups in total. The number of hydrogen-bond acceptors (Lipinski definition) is 4. The number of carbonyl (C=O) groups excluding carboxylic acids is 1. The van der Waals surface area contributed by atoms with E-state index in [1.165, 1.54) is 19.1 Å². The van der Waals surface area contributed by atoms with Crippen LogP contribution in [-0.2, 0) is 9.53 Å². The van der Waals surface area contributed by atoms with Crippen LogP contribution in [0.3, 0.4) is 0 Å². The highest BCUT2D eigenvalue weighted by Crippen LogP contribution is 2.34. The van der Waals surface area contributed by atoms with E-state index in [1.54, 1.807) is 12.1 Å². The van der Waals surface area contributed by atoms with Crippen LogP contribution in [0.4, 0.5) is 5.69 Å². The number of nitrogens with zero attached hydrogens (tertiary/aromatic N) is 1. The fraction of sp³-hybridized carbons (Fsp3) is 0.562. The third-order valence-electron chi connectivity index (χ3n) is 3.98. The second-order valence-corrected chi connectivity index (χ2v) is 6.12. The van der Waals surface area contributed by atoms with Crippen molar-refractivity contribution in [3.05, 3.63) is 39.9 Å². The molecule has 1 heterocycles. The molecule has 0 spiro atoms. The zero-order chi connectivity index (χ0) is 16.3. The van der Waals surface area contributed by atoms with Gasteiger partial charge in [0, 0.05) is 25.1 Å². The number of ether oxygens (including phenoxy) is 1. The highest BCUT2D eigenvalue weighted by molar-refractivity contribution is 5.73. The van der Waals surface area contributed by atoms with Gasteiger partial charge in [-0.15, -0.1) is 0 Å². The first-order chi connectivity index (χ1) is 10.4. The van der Waals surface area contributed by atoms with Gasteiger partial charge >= 0.3 is 0 Å². The van der Waals surface area contributed by atoms with Gasteiger partial charge < -0.3 is 10.1 Å². The largest absolute Gasteiger partial charge is 0.370 e. The monoisotopic (exact) mass is 306 g/mol. The molecule has 0 aromatic heterocycles. The van der Waals surface area contributed by atoms with Gasteiger partial charge in [-0.05, 0) is 36.5 Å². The first-order valence-corrected chi connectivity index (χ1v) is 7.53. The molecule has 0 radical (unpaired) electrons. The van der Waals surface area contributed by atoms with E-state index in [4.69, 9.17) is 4.74 Å². The SMILES string of the molecule is CC(=O)NC1CC(c2ccc([N+](=O)[O-])cc2)OC(C(C)C)C1. The molecular weight excluding hydrogens is 284 g/mol. The maximum atomic E-state index is 11.3. The van der Waals surface area contributed by atoms with Crippen molar-refractivity contribution in [2.45, 2.75) is 51.9 Å². The Kier molecular flexibility index (Phi) is 5.13. The van der Waals surface area contributed by atoms with Crippen LogP contribution in [0.15, 0.2) is 24.3 Å². The molecule has 120 valence electrons. The summed E-state index contributed by atoms with van der Waals surface area (Å²) in [5, 5.41) is 13.7. The molecule has 2 rings (SSSR count). The number of nitrogens with one attached hydrogen (secondary N) is 1. The summed E-state index contributed by atoms with van der Waals surface area (Å²) in [5.74, 6) is 0.300. The summed E-state index contributed by atoms with van der Waals surface area (Å²) in [6, 6.07) is 6.52. The van der Waals surface area contributed by atoms with Crippen molar-refractivity contribution in [3.8, 4) is 0 Å². The molecule has 1 aromatic carbocycles. The van der Waals surface area contributed by atoms with E-state index in [0.717, 1.165) is 12.0 Å². The van der Waals surface area contributed by atoms with Gasteiger partial charge in [-0.25, -0.2) is 0 Å². The Morgan fingerprint density at radius 3 is 2.45 bits per heavy atom. The van der Waals surface area contributed by atoms with Gasteiger partial charge in [0.1, 0.15) is 0 Å². The fourth-order valence-corrected chi connectivity index (χ4v) is 2.82. The summed E-state index contributed by atoms with van der Waals surface area (Å²) in [6.45, 7) is 5.70. The topological polar surface area (TPSA) is 81.5 Å². The van der Waals surface area contributed by atoms with Crippen molar-refractivity contribution in [1.82, 2.24) is 5.32 Å². The molecule has 1 amide bonds. The molecule has 22 heavy (non-hydrogen) atoms. The highest BCUT2D eigenvalue weighted by Gasteiger charge is 2.32. The summed E-state index contributed by atoms with van der Waals surface area (Å²) < 4.78 is 6.12. The van der Waals surface area contributed by atoms with Gasteiger partial charge in [0.2, 0.25) is 5.91 Å². The lowest BCUT2D eigenvalue weighted by atomic mass is 9.90. The summed E-state index contributed by atoms with van der Waals surface area (Å²) in [5.41, 5.74) is 0.977. The minimum Gasteiger partial charge on any atom is -0.370 e. The van der Waals surface area contributed by atoms with E-state index < -0.39 is 4.92 Å².